The minimum atomic E-state index is 0.203. The summed E-state index contributed by atoms with van der Waals surface area (Å²) < 4.78 is 70.6. The zero-order chi connectivity index (χ0) is 86.2. The summed E-state index contributed by atoms with van der Waals surface area (Å²) in [4.78, 5) is 0. The smallest absolute Gasteiger partial charge is 0.146 e. The van der Waals surface area contributed by atoms with Gasteiger partial charge in [-0.05, 0) is 248 Å². The number of rotatable bonds is 4. The molecular weight excluding hydrogens is 1540 g/mol. The molecule has 0 spiro atoms. The molecule has 10 aromatic rings. The molecule has 0 aromatic heterocycles. The molecular formula is C99H128N10O13. The van der Waals surface area contributed by atoms with E-state index in [1.165, 1.54) is 38.9 Å². The second kappa shape index (κ2) is 45.8. The normalized spacial score (nSPS) is 16.5. The van der Waals surface area contributed by atoms with E-state index in [1.807, 2.05) is 91.9 Å². The highest BCUT2D eigenvalue weighted by Crippen LogP contribution is 2.39. The molecule has 0 aliphatic carbocycles. The SMILES string of the molecule is CC(C)(C)c1ccc2c(c1)NCCO2.CC1COc2ccccc2N1.CCOc1ccc2c(c1)OCCN2.COc1ccc2c(c1)NCCO2.COc1ccc2c(c1)OCCN2.Cc1cc2c(cc1C)OCCN2.Cc1ccc2c(c1)NCCCO2.Cc1ccc2c(c1)OC(C)CN2.Cc1ccc2c(c1)OCC(C)N2.Cc1ccc2c(c1)OCCCN2. The van der Waals surface area contributed by atoms with E-state index in [4.69, 9.17) is 61.6 Å². The van der Waals surface area contributed by atoms with E-state index in [0.29, 0.717) is 18.7 Å². The van der Waals surface area contributed by atoms with Crippen molar-refractivity contribution in [1.82, 2.24) is 0 Å². The molecule has 0 saturated carbocycles. The average Bonchev–Trinajstić information content (AvgIpc) is 1.22. The van der Waals surface area contributed by atoms with E-state index in [9.17, 15) is 0 Å². The van der Waals surface area contributed by atoms with Crippen LogP contribution in [0.15, 0.2) is 182 Å². The molecule has 10 heterocycles. The predicted octanol–water partition coefficient (Wildman–Crippen LogP) is 20.4. The maximum absolute atomic E-state index is 5.65. The van der Waals surface area contributed by atoms with E-state index in [0.717, 1.165) is 256 Å². The lowest BCUT2D eigenvalue weighted by atomic mass is 9.86. The lowest BCUT2D eigenvalue weighted by Gasteiger charge is -2.24. The van der Waals surface area contributed by atoms with Crippen LogP contribution in [-0.4, -0.2) is 151 Å². The lowest BCUT2D eigenvalue weighted by Crippen LogP contribution is -2.28. The quantitative estimate of drug-likeness (QED) is 0.0788. The van der Waals surface area contributed by atoms with Crippen LogP contribution in [0, 0.1) is 41.5 Å². The summed E-state index contributed by atoms with van der Waals surface area (Å²) in [6.45, 7) is 42.4. The summed E-state index contributed by atoms with van der Waals surface area (Å²) in [6.07, 6.45) is 2.43. The molecule has 0 saturated heterocycles. The van der Waals surface area contributed by atoms with E-state index >= 15 is 0 Å². The van der Waals surface area contributed by atoms with E-state index in [1.54, 1.807) is 14.2 Å². The molecule has 3 unspecified atom stereocenters. The first-order valence-electron chi connectivity index (χ1n) is 42.8. The van der Waals surface area contributed by atoms with Gasteiger partial charge in [-0.2, -0.15) is 0 Å². The van der Waals surface area contributed by atoms with Gasteiger partial charge in [0.05, 0.1) is 110 Å². The van der Waals surface area contributed by atoms with Crippen LogP contribution < -0.4 is 115 Å². The number of ether oxygens (including phenoxy) is 13. The Balaban J connectivity index is 0.000000132. The number of fused-ring (bicyclic) bond motifs is 10. The van der Waals surface area contributed by atoms with Gasteiger partial charge in [0.1, 0.15) is 127 Å². The number of aryl methyl sites for hydroxylation is 6. The molecule has 10 aliphatic heterocycles. The maximum Gasteiger partial charge on any atom is 0.146 e. The van der Waals surface area contributed by atoms with Gasteiger partial charge < -0.3 is 115 Å². The highest BCUT2D eigenvalue weighted by atomic mass is 16.5. The zero-order valence-electron chi connectivity index (χ0n) is 74.0. The van der Waals surface area contributed by atoms with Gasteiger partial charge >= 0.3 is 0 Å². The minimum absolute atomic E-state index is 0.203. The van der Waals surface area contributed by atoms with Gasteiger partial charge in [0.15, 0.2) is 0 Å². The molecule has 0 amide bonds. The standard InChI is InChI=1S/C12H17NO.C10H13NO2.5C10H13NO.2C9H11NO2.C9H11NO/c1-12(2,3)9-4-5-11-10(8-9)13-6-7-14-11;1-2-12-8-3-4-9-10(7-8)13-6-5-11-9;1-7-5-9-10(6-8(7)2)12-4-3-11-9;1-7-3-4-9-10(5-7)12-6-8(2)11-9;1-7-3-4-9-10(5-7)12-8(2)6-11-9;1-8-3-4-10-9(7-8)11-5-2-6-12-10;1-8-3-4-9-10(7-8)12-6-2-5-11-9;1-11-7-2-3-9-8(6-7)10-4-5-12-9;1-11-7-2-3-8-9(6-7)12-5-4-10-8;1-7-6-11-9-5-3-2-4-8(9)10-7/h4-5,8,13H,6-7H2,1-3H3;3-4,7,11H,2,5-6H2,1H3;5-6,11H,3-4H2,1-2H3;2*3-5,8,11H,6H2,1-2H3;2*3-4,7,11H,2,5-6H2,1H3;2*2-3,6,10H,4-5H2,1H3;2-5,7,10H,6H2,1H3. The number of hydrogen-bond acceptors (Lipinski definition) is 23. The number of anilines is 10. The molecule has 3 atom stereocenters. The van der Waals surface area contributed by atoms with Crippen molar-refractivity contribution < 1.29 is 61.6 Å². The third-order valence-electron chi connectivity index (χ3n) is 20.4. The summed E-state index contributed by atoms with van der Waals surface area (Å²) in [5.74, 6) is 12.1. The van der Waals surface area contributed by atoms with Crippen LogP contribution in [0.4, 0.5) is 56.9 Å². The maximum atomic E-state index is 5.65. The molecule has 23 heteroatoms. The summed E-state index contributed by atoms with van der Waals surface area (Å²) >= 11 is 0. The average molecular weight is 1670 g/mol. The second-order valence-corrected chi connectivity index (χ2v) is 31.9. The summed E-state index contributed by atoms with van der Waals surface area (Å²) in [5, 5.41) is 33.1. The monoisotopic (exact) mass is 1660 g/mol. The first-order chi connectivity index (χ1) is 59.1. The molecule has 10 N–H and O–H groups in total. The molecule has 652 valence electrons. The summed E-state index contributed by atoms with van der Waals surface area (Å²) in [7, 11) is 3.31. The Kier molecular flexibility index (Phi) is 34.0. The Bertz CT molecular complexity index is 4790. The summed E-state index contributed by atoms with van der Waals surface area (Å²) in [6, 6.07) is 61.8. The fraction of sp³-hybridized carbons (Fsp3) is 0.394. The van der Waals surface area contributed by atoms with Crippen molar-refractivity contribution in [2.24, 2.45) is 0 Å². The van der Waals surface area contributed by atoms with Gasteiger partial charge in [-0.1, -0.05) is 63.2 Å². The van der Waals surface area contributed by atoms with Crippen molar-refractivity contribution in [3.63, 3.8) is 0 Å². The van der Waals surface area contributed by atoms with Gasteiger partial charge in [0.2, 0.25) is 0 Å². The van der Waals surface area contributed by atoms with Crippen molar-refractivity contribution in [2.45, 2.75) is 126 Å². The highest BCUT2D eigenvalue weighted by Gasteiger charge is 2.21. The number of para-hydroxylation sites is 2. The van der Waals surface area contributed by atoms with Gasteiger partial charge in [-0.15, -0.1) is 0 Å². The molecule has 10 aliphatic rings. The zero-order valence-corrected chi connectivity index (χ0v) is 74.0. The molecule has 0 bridgehead atoms. The van der Waals surface area contributed by atoms with Gasteiger partial charge in [0.25, 0.3) is 0 Å². The first kappa shape index (κ1) is 90.4. The Labute approximate surface area is 722 Å². The Morgan fingerprint density at radius 1 is 0.320 bits per heavy atom. The number of nitrogens with one attached hydrogen (secondary N) is 10. The van der Waals surface area contributed by atoms with Crippen LogP contribution in [-0.2, 0) is 5.41 Å². The van der Waals surface area contributed by atoms with Crippen LogP contribution >= 0.6 is 0 Å². The first-order valence-corrected chi connectivity index (χ1v) is 42.8. The van der Waals surface area contributed by atoms with Crippen LogP contribution in [0.25, 0.3) is 0 Å². The largest absolute Gasteiger partial charge is 0.497 e. The van der Waals surface area contributed by atoms with Gasteiger partial charge in [-0.25, -0.2) is 0 Å². The van der Waals surface area contributed by atoms with E-state index in [-0.39, 0.29) is 11.5 Å². The predicted molar refractivity (Wildman–Crippen MR) is 499 cm³/mol. The molecule has 10 aromatic carbocycles. The lowest BCUT2D eigenvalue weighted by molar-refractivity contribution is 0.226. The summed E-state index contributed by atoms with van der Waals surface area (Å²) in [5.41, 5.74) is 20.1. The van der Waals surface area contributed by atoms with Crippen LogP contribution in [0.2, 0.25) is 0 Å². The van der Waals surface area contributed by atoms with Crippen LogP contribution in [0.5, 0.6) is 74.7 Å². The minimum Gasteiger partial charge on any atom is -0.497 e. The van der Waals surface area contributed by atoms with Crippen LogP contribution in [0.1, 0.15) is 100 Å². The van der Waals surface area contributed by atoms with E-state index in [2.05, 4.69) is 233 Å². The van der Waals surface area contributed by atoms with Crippen molar-refractivity contribution in [3.8, 4) is 74.7 Å². The van der Waals surface area contributed by atoms with Crippen molar-refractivity contribution in [1.29, 1.82) is 0 Å². The second-order valence-electron chi connectivity index (χ2n) is 31.9. The Morgan fingerprint density at radius 3 is 1.27 bits per heavy atom. The number of hydrogen-bond donors (Lipinski definition) is 10. The van der Waals surface area contributed by atoms with Crippen molar-refractivity contribution in [2.75, 3.05) is 186 Å². The molecule has 0 fully saturated rings. The Hall–Kier alpha value is -12.4. The number of methoxy groups -OCH3 is 2. The van der Waals surface area contributed by atoms with Gasteiger partial charge in [0, 0.05) is 64.0 Å². The Morgan fingerprint density at radius 2 is 0.689 bits per heavy atom. The van der Waals surface area contributed by atoms with Crippen LogP contribution in [0.3, 0.4) is 0 Å². The molecule has 20 rings (SSSR count). The molecule has 122 heavy (non-hydrogen) atoms. The topological polar surface area (TPSA) is 240 Å². The number of benzene rings is 10. The fourth-order valence-electron chi connectivity index (χ4n) is 13.6. The van der Waals surface area contributed by atoms with Crippen molar-refractivity contribution in [3.05, 3.63) is 221 Å². The highest BCUT2D eigenvalue weighted by molar-refractivity contribution is 5.67. The molecule has 0 radical (unpaired) electrons. The third-order valence-corrected chi connectivity index (χ3v) is 20.4. The fourth-order valence-corrected chi connectivity index (χ4v) is 13.6. The molecule has 23 nitrogen and oxygen atoms in total. The van der Waals surface area contributed by atoms with Crippen molar-refractivity contribution >= 4 is 56.9 Å². The van der Waals surface area contributed by atoms with Gasteiger partial charge in [-0.3, -0.25) is 0 Å². The van der Waals surface area contributed by atoms with E-state index < -0.39 is 0 Å². The third kappa shape index (κ3) is 27.8.